The molecular weight excluding hydrogens is 444 g/mol. The Morgan fingerprint density at radius 2 is 1.67 bits per heavy atom. The van der Waals surface area contributed by atoms with Gasteiger partial charge in [0.05, 0.1) is 21.7 Å². The average molecular weight is 469 g/mol. The maximum Gasteiger partial charge on any atom is 0.255 e. The summed E-state index contributed by atoms with van der Waals surface area (Å²) in [6.07, 6.45) is 0.830. The van der Waals surface area contributed by atoms with Crippen LogP contribution in [0, 0.1) is 0 Å². The molecule has 3 nitrogen and oxygen atoms in total. The topological polar surface area (TPSA) is 33.2 Å². The van der Waals surface area contributed by atoms with Crippen molar-refractivity contribution in [3.05, 3.63) is 112 Å². The summed E-state index contributed by atoms with van der Waals surface area (Å²) in [6.45, 7) is 2.71. The van der Waals surface area contributed by atoms with Crippen LogP contribution in [0.25, 0.3) is 21.5 Å². The predicted molar refractivity (Wildman–Crippen MR) is 139 cm³/mol. The molecule has 164 valence electrons. The van der Waals surface area contributed by atoms with E-state index in [0.717, 1.165) is 33.5 Å². The van der Waals surface area contributed by atoms with Gasteiger partial charge in [-0.2, -0.15) is 0 Å². The first-order chi connectivity index (χ1) is 16.2. The quantitative estimate of drug-likeness (QED) is 0.251. The highest BCUT2D eigenvalue weighted by molar-refractivity contribution is 7.13. The summed E-state index contributed by atoms with van der Waals surface area (Å²) in [5, 5.41) is 5.03. The molecular formula is C28H24N2OS2. The van der Waals surface area contributed by atoms with Gasteiger partial charge < -0.3 is 4.90 Å². The van der Waals surface area contributed by atoms with Crippen LogP contribution in [0.4, 0.5) is 0 Å². The molecule has 3 heterocycles. The molecule has 0 N–H and O–H groups in total. The number of hydrogen-bond acceptors (Lipinski definition) is 4. The number of carbonyl (C=O) groups excluding carboxylic acids is 1. The Labute approximate surface area is 202 Å². The molecule has 5 heteroatoms. The van der Waals surface area contributed by atoms with E-state index >= 15 is 0 Å². The average Bonchev–Trinajstić information content (AvgIpc) is 3.57. The molecule has 0 aliphatic heterocycles. The summed E-state index contributed by atoms with van der Waals surface area (Å²) in [4.78, 5) is 23.4. The maximum absolute atomic E-state index is 14.2. The van der Waals surface area contributed by atoms with Crippen LogP contribution in [0.2, 0.25) is 0 Å². The molecule has 0 aliphatic carbocycles. The molecule has 2 aromatic carbocycles. The summed E-state index contributed by atoms with van der Waals surface area (Å²) < 4.78 is 0. The van der Waals surface area contributed by atoms with Gasteiger partial charge in [-0.05, 0) is 47.5 Å². The molecule has 1 amide bonds. The van der Waals surface area contributed by atoms with Crippen molar-refractivity contribution in [2.24, 2.45) is 0 Å². The molecule has 1 atom stereocenters. The summed E-state index contributed by atoms with van der Waals surface area (Å²) in [5.41, 5.74) is 3.52. The van der Waals surface area contributed by atoms with E-state index in [1.165, 1.54) is 4.88 Å². The molecule has 0 bridgehead atoms. The molecule has 5 aromatic rings. The third-order valence-corrected chi connectivity index (χ3v) is 7.58. The van der Waals surface area contributed by atoms with E-state index in [9.17, 15) is 4.79 Å². The SMILES string of the molecule is CC(Cc1cccs1)N(Cc1ccccc1)C(=O)c1cc(-c2cccs2)nc2ccccc12. The number of pyridine rings is 1. The van der Waals surface area contributed by atoms with Gasteiger partial charge >= 0.3 is 0 Å². The molecule has 0 fully saturated rings. The van der Waals surface area contributed by atoms with Crippen molar-refractivity contribution in [3.8, 4) is 10.6 Å². The van der Waals surface area contributed by atoms with Crippen molar-refractivity contribution in [2.75, 3.05) is 0 Å². The number of hydrogen-bond donors (Lipinski definition) is 0. The van der Waals surface area contributed by atoms with Gasteiger partial charge in [-0.1, -0.05) is 60.7 Å². The Balaban J connectivity index is 1.58. The minimum absolute atomic E-state index is 0.0410. The van der Waals surface area contributed by atoms with Gasteiger partial charge in [0.25, 0.3) is 5.91 Å². The van der Waals surface area contributed by atoms with E-state index in [2.05, 4.69) is 42.6 Å². The lowest BCUT2D eigenvalue weighted by atomic mass is 10.0. The maximum atomic E-state index is 14.2. The summed E-state index contributed by atoms with van der Waals surface area (Å²) in [7, 11) is 0. The lowest BCUT2D eigenvalue weighted by molar-refractivity contribution is 0.0678. The number of aromatic nitrogens is 1. The summed E-state index contributed by atoms with van der Waals surface area (Å²) in [6, 6.07) is 28.5. The summed E-state index contributed by atoms with van der Waals surface area (Å²) in [5.74, 6) is 0.0410. The first-order valence-electron chi connectivity index (χ1n) is 11.0. The fourth-order valence-corrected chi connectivity index (χ4v) is 5.61. The number of thiophene rings is 2. The lowest BCUT2D eigenvalue weighted by Crippen LogP contribution is -2.39. The van der Waals surface area contributed by atoms with Crippen LogP contribution in [0.5, 0.6) is 0 Å². The first kappa shape index (κ1) is 21.6. The first-order valence-corrected chi connectivity index (χ1v) is 12.8. The smallest absolute Gasteiger partial charge is 0.255 e. The molecule has 3 aromatic heterocycles. The van der Waals surface area contributed by atoms with Gasteiger partial charge in [0.15, 0.2) is 0 Å². The Hall–Kier alpha value is -3.28. The van der Waals surface area contributed by atoms with Crippen LogP contribution in [-0.4, -0.2) is 21.8 Å². The molecule has 0 saturated heterocycles. The molecule has 1 unspecified atom stereocenters. The van der Waals surface area contributed by atoms with E-state index in [4.69, 9.17) is 4.98 Å². The number of nitrogens with zero attached hydrogens (tertiary/aromatic N) is 2. The molecule has 5 rings (SSSR count). The number of para-hydroxylation sites is 1. The molecule has 33 heavy (non-hydrogen) atoms. The lowest BCUT2D eigenvalue weighted by Gasteiger charge is -2.30. The second-order valence-corrected chi connectivity index (χ2v) is 10.1. The highest BCUT2D eigenvalue weighted by Gasteiger charge is 2.25. The van der Waals surface area contributed by atoms with Gasteiger partial charge in [0.1, 0.15) is 0 Å². The number of carbonyl (C=O) groups is 1. The fraction of sp³-hybridized carbons (Fsp3) is 0.143. The molecule has 0 spiro atoms. The zero-order chi connectivity index (χ0) is 22.6. The van der Waals surface area contributed by atoms with Crippen molar-refractivity contribution in [1.82, 2.24) is 9.88 Å². The Morgan fingerprint density at radius 1 is 0.909 bits per heavy atom. The minimum Gasteiger partial charge on any atom is -0.331 e. The van der Waals surface area contributed by atoms with Gasteiger partial charge in [-0.15, -0.1) is 22.7 Å². The van der Waals surface area contributed by atoms with E-state index in [1.54, 1.807) is 22.7 Å². The predicted octanol–water partition coefficient (Wildman–Crippen LogP) is 7.30. The minimum atomic E-state index is 0.0410. The Bertz CT molecular complexity index is 1350. The third kappa shape index (κ3) is 4.75. The highest BCUT2D eigenvalue weighted by Crippen LogP contribution is 2.29. The van der Waals surface area contributed by atoms with Crippen LogP contribution < -0.4 is 0 Å². The van der Waals surface area contributed by atoms with Crippen LogP contribution in [0.15, 0.2) is 95.7 Å². The van der Waals surface area contributed by atoms with Gasteiger partial charge in [0.2, 0.25) is 0 Å². The number of benzene rings is 2. The normalized spacial score (nSPS) is 12.0. The van der Waals surface area contributed by atoms with Gasteiger partial charge in [0, 0.05) is 29.3 Å². The zero-order valence-electron chi connectivity index (χ0n) is 18.3. The van der Waals surface area contributed by atoms with Crippen molar-refractivity contribution in [2.45, 2.75) is 25.9 Å². The monoisotopic (exact) mass is 468 g/mol. The second-order valence-electron chi connectivity index (χ2n) is 8.10. The second kappa shape index (κ2) is 9.69. The van der Waals surface area contributed by atoms with E-state index < -0.39 is 0 Å². The van der Waals surface area contributed by atoms with Crippen LogP contribution in [0.3, 0.4) is 0 Å². The van der Waals surface area contributed by atoms with Crippen molar-refractivity contribution < 1.29 is 4.79 Å². The van der Waals surface area contributed by atoms with Crippen LogP contribution in [0.1, 0.15) is 27.7 Å². The zero-order valence-corrected chi connectivity index (χ0v) is 20.0. The summed E-state index contributed by atoms with van der Waals surface area (Å²) >= 11 is 3.38. The van der Waals surface area contributed by atoms with Gasteiger partial charge in [-0.25, -0.2) is 4.98 Å². The fourth-order valence-electron chi connectivity index (χ4n) is 4.10. The van der Waals surface area contributed by atoms with Crippen molar-refractivity contribution in [1.29, 1.82) is 0 Å². The van der Waals surface area contributed by atoms with Crippen molar-refractivity contribution in [3.63, 3.8) is 0 Å². The van der Waals surface area contributed by atoms with E-state index in [1.807, 2.05) is 64.9 Å². The highest BCUT2D eigenvalue weighted by atomic mass is 32.1. The van der Waals surface area contributed by atoms with Crippen LogP contribution >= 0.6 is 22.7 Å². The largest absolute Gasteiger partial charge is 0.331 e. The van der Waals surface area contributed by atoms with Crippen LogP contribution in [-0.2, 0) is 13.0 Å². The number of rotatable bonds is 7. The number of fused-ring (bicyclic) bond motifs is 1. The Kier molecular flexibility index (Phi) is 6.33. The molecule has 0 aliphatic rings. The van der Waals surface area contributed by atoms with E-state index in [-0.39, 0.29) is 11.9 Å². The third-order valence-electron chi connectivity index (χ3n) is 5.79. The molecule has 0 saturated carbocycles. The Morgan fingerprint density at radius 3 is 2.42 bits per heavy atom. The van der Waals surface area contributed by atoms with Gasteiger partial charge in [-0.3, -0.25) is 4.79 Å². The van der Waals surface area contributed by atoms with E-state index in [0.29, 0.717) is 12.1 Å². The van der Waals surface area contributed by atoms with Crippen molar-refractivity contribution >= 4 is 39.5 Å². The molecule has 0 radical (unpaired) electrons. The number of amides is 1. The standard InChI is InChI=1S/C28H24N2OS2/c1-20(17-22-11-7-15-32-22)30(19-21-9-3-2-4-10-21)28(31)24-18-26(27-14-8-16-33-27)29-25-13-6-5-12-23(24)25/h2-16,18,20H,17,19H2,1H3.